The Bertz CT molecular complexity index is 408. The normalized spacial score (nSPS) is 12.2. The average Bonchev–Trinajstić information content (AvgIpc) is 2.22. The molecule has 16 heavy (non-hydrogen) atoms. The molecule has 0 spiro atoms. The molecular weight excluding hydrogens is 278 g/mol. The predicted octanol–water partition coefficient (Wildman–Crippen LogP) is 1.29. The summed E-state index contributed by atoms with van der Waals surface area (Å²) in [6.07, 6.45) is 0. The van der Waals surface area contributed by atoms with Gasteiger partial charge in [-0.25, -0.2) is 0 Å². The monoisotopic (exact) mass is 289 g/mol. The molecule has 0 aliphatic rings. The molecule has 0 bridgehead atoms. The van der Waals surface area contributed by atoms with Gasteiger partial charge in [-0.1, -0.05) is 6.07 Å². The second kappa shape index (κ2) is 5.18. The van der Waals surface area contributed by atoms with E-state index < -0.39 is 11.9 Å². The number of phenols is 1. The van der Waals surface area contributed by atoms with Crippen molar-refractivity contribution in [1.29, 1.82) is 0 Å². The molecule has 4 N–H and O–H groups in total. The molecule has 1 rings (SSSR count). The Morgan fingerprint density at radius 3 is 2.69 bits per heavy atom. The van der Waals surface area contributed by atoms with Crippen LogP contribution in [0.2, 0.25) is 0 Å². The van der Waals surface area contributed by atoms with Crippen LogP contribution in [0.1, 0.15) is 11.5 Å². The van der Waals surface area contributed by atoms with E-state index in [1.165, 1.54) is 13.2 Å². The average molecular weight is 290 g/mol. The third kappa shape index (κ3) is 2.28. The van der Waals surface area contributed by atoms with E-state index >= 15 is 0 Å². The maximum Gasteiger partial charge on any atom is 0.312 e. The van der Waals surface area contributed by atoms with Crippen LogP contribution in [0.15, 0.2) is 16.6 Å². The lowest BCUT2D eigenvalue weighted by Gasteiger charge is -2.15. The number of aliphatic carboxylic acids is 1. The van der Waals surface area contributed by atoms with E-state index in [9.17, 15) is 9.90 Å². The molecule has 1 aromatic rings. The Morgan fingerprint density at radius 1 is 1.62 bits per heavy atom. The summed E-state index contributed by atoms with van der Waals surface area (Å²) in [4.78, 5) is 10.9. The molecule has 0 aliphatic heterocycles. The summed E-state index contributed by atoms with van der Waals surface area (Å²) in [7, 11) is 1.39. The zero-order valence-electron chi connectivity index (χ0n) is 8.61. The van der Waals surface area contributed by atoms with E-state index in [2.05, 4.69) is 15.9 Å². The third-order valence-electron chi connectivity index (χ3n) is 2.23. The van der Waals surface area contributed by atoms with Crippen LogP contribution < -0.4 is 10.5 Å². The van der Waals surface area contributed by atoms with Crippen molar-refractivity contribution in [2.75, 3.05) is 13.7 Å². The first-order valence-electron chi connectivity index (χ1n) is 4.51. The molecular formula is C10H12BrNO4. The molecule has 0 fully saturated rings. The molecule has 1 aromatic carbocycles. The van der Waals surface area contributed by atoms with Crippen molar-refractivity contribution in [2.24, 2.45) is 5.73 Å². The first-order valence-corrected chi connectivity index (χ1v) is 5.30. The molecule has 0 radical (unpaired) electrons. The van der Waals surface area contributed by atoms with E-state index in [4.69, 9.17) is 15.6 Å². The summed E-state index contributed by atoms with van der Waals surface area (Å²) < 4.78 is 5.51. The highest BCUT2D eigenvalue weighted by Crippen LogP contribution is 2.39. The summed E-state index contributed by atoms with van der Waals surface area (Å²) in [6, 6.07) is 3.12. The fraction of sp³-hybridized carbons (Fsp3) is 0.300. The van der Waals surface area contributed by atoms with E-state index in [1.807, 2.05) is 0 Å². The SMILES string of the molecule is COc1c(Br)ccc(C(CN)C(=O)O)c1O. The Hall–Kier alpha value is -1.27. The van der Waals surface area contributed by atoms with E-state index in [0.717, 1.165) is 0 Å². The lowest BCUT2D eigenvalue weighted by Crippen LogP contribution is -2.21. The van der Waals surface area contributed by atoms with Crippen LogP contribution in [0.25, 0.3) is 0 Å². The van der Waals surface area contributed by atoms with Crippen molar-refractivity contribution in [3.8, 4) is 11.5 Å². The quantitative estimate of drug-likeness (QED) is 0.777. The minimum Gasteiger partial charge on any atom is -0.504 e. The number of carbonyl (C=O) groups is 1. The van der Waals surface area contributed by atoms with Gasteiger partial charge in [-0.2, -0.15) is 0 Å². The molecule has 5 nitrogen and oxygen atoms in total. The van der Waals surface area contributed by atoms with E-state index in [1.54, 1.807) is 6.07 Å². The zero-order valence-corrected chi connectivity index (χ0v) is 10.2. The number of ether oxygens (including phenoxy) is 1. The summed E-state index contributed by atoms with van der Waals surface area (Å²) in [5.41, 5.74) is 5.61. The fourth-order valence-corrected chi connectivity index (χ4v) is 1.88. The van der Waals surface area contributed by atoms with Gasteiger partial charge >= 0.3 is 5.97 Å². The van der Waals surface area contributed by atoms with Gasteiger partial charge in [-0.05, 0) is 22.0 Å². The number of phenolic OH excluding ortho intramolecular Hbond substituents is 1. The van der Waals surface area contributed by atoms with E-state index in [-0.39, 0.29) is 23.6 Å². The molecule has 0 saturated carbocycles. The largest absolute Gasteiger partial charge is 0.504 e. The third-order valence-corrected chi connectivity index (χ3v) is 2.85. The van der Waals surface area contributed by atoms with Crippen molar-refractivity contribution in [2.45, 2.75) is 5.92 Å². The number of methoxy groups -OCH3 is 1. The van der Waals surface area contributed by atoms with Crippen molar-refractivity contribution in [3.05, 3.63) is 22.2 Å². The number of rotatable bonds is 4. The molecule has 1 unspecified atom stereocenters. The van der Waals surface area contributed by atoms with Crippen LogP contribution in [0.5, 0.6) is 11.5 Å². The van der Waals surface area contributed by atoms with Gasteiger partial charge in [0.05, 0.1) is 17.5 Å². The van der Waals surface area contributed by atoms with Gasteiger partial charge in [0.2, 0.25) is 0 Å². The number of benzene rings is 1. The first kappa shape index (κ1) is 12.8. The predicted molar refractivity (Wildman–Crippen MR) is 61.8 cm³/mol. The van der Waals surface area contributed by atoms with Crippen LogP contribution in [0, 0.1) is 0 Å². The topological polar surface area (TPSA) is 92.8 Å². The van der Waals surface area contributed by atoms with Crippen LogP contribution in [-0.2, 0) is 4.79 Å². The van der Waals surface area contributed by atoms with Gasteiger partial charge in [0, 0.05) is 12.1 Å². The number of hydrogen-bond acceptors (Lipinski definition) is 4. The highest BCUT2D eigenvalue weighted by Gasteiger charge is 2.24. The van der Waals surface area contributed by atoms with Crippen molar-refractivity contribution < 1.29 is 19.7 Å². The maximum absolute atomic E-state index is 10.9. The number of hydrogen-bond donors (Lipinski definition) is 3. The lowest BCUT2D eigenvalue weighted by atomic mass is 9.98. The van der Waals surface area contributed by atoms with Crippen LogP contribution >= 0.6 is 15.9 Å². The minimum absolute atomic E-state index is 0.0896. The second-order valence-corrected chi connectivity index (χ2v) is 4.00. The van der Waals surface area contributed by atoms with Gasteiger partial charge in [0.25, 0.3) is 0 Å². The number of carboxylic acids is 1. The molecule has 0 aliphatic carbocycles. The summed E-state index contributed by atoms with van der Waals surface area (Å²) in [6.45, 7) is -0.0896. The minimum atomic E-state index is -1.08. The molecule has 0 saturated heterocycles. The van der Waals surface area contributed by atoms with Gasteiger partial charge in [0.1, 0.15) is 0 Å². The first-order chi connectivity index (χ1) is 7.52. The van der Waals surface area contributed by atoms with Crippen LogP contribution in [0.4, 0.5) is 0 Å². The number of aromatic hydroxyl groups is 1. The molecule has 0 aromatic heterocycles. The molecule has 88 valence electrons. The molecule has 0 amide bonds. The van der Waals surface area contributed by atoms with Gasteiger partial charge in [-0.15, -0.1) is 0 Å². The molecule has 0 heterocycles. The van der Waals surface area contributed by atoms with Crippen molar-refractivity contribution in [3.63, 3.8) is 0 Å². The van der Waals surface area contributed by atoms with E-state index in [0.29, 0.717) is 4.47 Å². The number of halogens is 1. The second-order valence-electron chi connectivity index (χ2n) is 3.14. The highest BCUT2D eigenvalue weighted by molar-refractivity contribution is 9.10. The van der Waals surface area contributed by atoms with Crippen LogP contribution in [0.3, 0.4) is 0 Å². The zero-order chi connectivity index (χ0) is 12.3. The Labute approximate surface area is 101 Å². The Kier molecular flexibility index (Phi) is 4.14. The maximum atomic E-state index is 10.9. The standard InChI is InChI=1S/C10H12BrNO4/c1-16-9-7(11)3-2-5(8(9)13)6(4-12)10(14)15/h2-3,6,13H,4,12H2,1H3,(H,14,15). The van der Waals surface area contributed by atoms with Gasteiger partial charge in [-0.3, -0.25) is 4.79 Å². The summed E-state index contributed by atoms with van der Waals surface area (Å²) in [5, 5.41) is 18.8. The summed E-state index contributed by atoms with van der Waals surface area (Å²) in [5.74, 6) is -2.02. The van der Waals surface area contributed by atoms with Crippen molar-refractivity contribution >= 4 is 21.9 Å². The Balaban J connectivity index is 3.29. The van der Waals surface area contributed by atoms with Gasteiger partial charge in [0.15, 0.2) is 11.5 Å². The van der Waals surface area contributed by atoms with Gasteiger partial charge < -0.3 is 20.7 Å². The summed E-state index contributed by atoms with van der Waals surface area (Å²) >= 11 is 3.19. The smallest absolute Gasteiger partial charge is 0.312 e. The van der Waals surface area contributed by atoms with Crippen LogP contribution in [-0.4, -0.2) is 29.8 Å². The highest BCUT2D eigenvalue weighted by atomic mass is 79.9. The number of carboxylic acid groups (broad SMARTS) is 1. The number of nitrogens with two attached hydrogens (primary N) is 1. The lowest BCUT2D eigenvalue weighted by molar-refractivity contribution is -0.138. The van der Waals surface area contributed by atoms with Crippen molar-refractivity contribution in [1.82, 2.24) is 0 Å². The Morgan fingerprint density at radius 2 is 2.25 bits per heavy atom. The fourth-order valence-electron chi connectivity index (χ4n) is 1.40. The molecule has 6 heteroatoms. The molecule has 1 atom stereocenters.